The molecule has 1 amide bonds. The van der Waals surface area contributed by atoms with Crippen LogP contribution in [0.3, 0.4) is 0 Å². The lowest BCUT2D eigenvalue weighted by Gasteiger charge is -2.36. The first kappa shape index (κ1) is 24.1. The molecular formula is C25H25Cl2N3O4. The number of esters is 1. The van der Waals surface area contributed by atoms with Crippen LogP contribution >= 0.6 is 23.2 Å². The molecule has 0 atom stereocenters. The Morgan fingerprint density at radius 2 is 1.76 bits per heavy atom. The normalized spacial score (nSPS) is 14.2. The minimum absolute atomic E-state index is 0.131. The van der Waals surface area contributed by atoms with Crippen LogP contribution in [0.15, 0.2) is 52.9 Å². The van der Waals surface area contributed by atoms with Crippen molar-refractivity contribution in [2.75, 3.05) is 50.1 Å². The summed E-state index contributed by atoms with van der Waals surface area (Å²) in [7, 11) is 1.33. The summed E-state index contributed by atoms with van der Waals surface area (Å²) in [6.07, 6.45) is 0. The Morgan fingerprint density at radius 3 is 2.44 bits per heavy atom. The molecule has 178 valence electrons. The largest absolute Gasteiger partial charge is 0.465 e. The number of halogens is 2. The molecule has 4 rings (SSSR count). The van der Waals surface area contributed by atoms with Crippen LogP contribution in [0.25, 0.3) is 11.3 Å². The molecule has 0 spiro atoms. The van der Waals surface area contributed by atoms with Gasteiger partial charge < -0.3 is 24.3 Å². The molecule has 1 saturated heterocycles. The quantitative estimate of drug-likeness (QED) is 0.453. The number of nitrogens with one attached hydrogen (secondary N) is 1. The molecule has 34 heavy (non-hydrogen) atoms. The molecule has 9 heteroatoms. The van der Waals surface area contributed by atoms with Crippen molar-refractivity contribution in [2.45, 2.75) is 6.92 Å². The van der Waals surface area contributed by atoms with Crippen LogP contribution in [0.1, 0.15) is 27.8 Å². The minimum atomic E-state index is -0.474. The average Bonchev–Trinajstić information content (AvgIpc) is 3.36. The smallest absolute Gasteiger partial charge is 0.337 e. The summed E-state index contributed by atoms with van der Waals surface area (Å²) < 4.78 is 10.6. The Balaban J connectivity index is 1.59. The summed E-state index contributed by atoms with van der Waals surface area (Å²) in [6.45, 7) is 6.62. The number of rotatable bonds is 6. The van der Waals surface area contributed by atoms with Gasteiger partial charge >= 0.3 is 5.97 Å². The molecule has 2 heterocycles. The number of nitrogens with zero attached hydrogens (tertiary/aromatic N) is 2. The van der Waals surface area contributed by atoms with Crippen LogP contribution in [-0.4, -0.2) is 56.6 Å². The number of hydrogen-bond acceptors (Lipinski definition) is 6. The van der Waals surface area contributed by atoms with Gasteiger partial charge in [-0.2, -0.15) is 0 Å². The first-order valence-corrected chi connectivity index (χ1v) is 11.7. The van der Waals surface area contributed by atoms with Gasteiger partial charge in [0, 0.05) is 31.7 Å². The van der Waals surface area contributed by atoms with Crippen molar-refractivity contribution in [2.24, 2.45) is 0 Å². The fourth-order valence-electron chi connectivity index (χ4n) is 3.91. The summed E-state index contributed by atoms with van der Waals surface area (Å²) in [5.41, 5.74) is 2.42. The van der Waals surface area contributed by atoms with Crippen LogP contribution in [0, 0.1) is 0 Å². The van der Waals surface area contributed by atoms with Crippen molar-refractivity contribution in [3.05, 3.63) is 69.9 Å². The Bertz CT molecular complexity index is 1200. The van der Waals surface area contributed by atoms with Crippen molar-refractivity contribution in [3.8, 4) is 11.3 Å². The number of carbonyl (C=O) groups is 2. The van der Waals surface area contributed by atoms with Gasteiger partial charge in [-0.05, 0) is 55.1 Å². The highest BCUT2D eigenvalue weighted by Gasteiger charge is 2.22. The molecule has 0 aliphatic carbocycles. The van der Waals surface area contributed by atoms with Gasteiger partial charge in [0.1, 0.15) is 5.76 Å². The van der Waals surface area contributed by atoms with E-state index in [0.29, 0.717) is 32.6 Å². The summed E-state index contributed by atoms with van der Waals surface area (Å²) in [4.78, 5) is 29.7. The zero-order chi connectivity index (χ0) is 24.2. The predicted molar refractivity (Wildman–Crippen MR) is 134 cm³/mol. The van der Waals surface area contributed by atoms with Gasteiger partial charge in [-0.3, -0.25) is 4.79 Å². The Morgan fingerprint density at radius 1 is 1.00 bits per heavy atom. The van der Waals surface area contributed by atoms with Crippen LogP contribution in [0.5, 0.6) is 0 Å². The molecule has 0 saturated carbocycles. The van der Waals surface area contributed by atoms with Crippen LogP contribution in [0.2, 0.25) is 10.0 Å². The maximum Gasteiger partial charge on any atom is 0.337 e. The minimum Gasteiger partial charge on any atom is -0.465 e. The lowest BCUT2D eigenvalue weighted by molar-refractivity contribution is 0.0600. The lowest BCUT2D eigenvalue weighted by atomic mass is 10.1. The molecule has 7 nitrogen and oxygen atoms in total. The van der Waals surface area contributed by atoms with Gasteiger partial charge in [0.2, 0.25) is 0 Å². The van der Waals surface area contributed by atoms with Crippen molar-refractivity contribution in [3.63, 3.8) is 0 Å². The highest BCUT2D eigenvalue weighted by molar-refractivity contribution is 6.42. The maximum atomic E-state index is 13.1. The lowest BCUT2D eigenvalue weighted by Crippen LogP contribution is -2.46. The first-order valence-electron chi connectivity index (χ1n) is 11.0. The molecule has 0 radical (unpaired) electrons. The van der Waals surface area contributed by atoms with Crippen molar-refractivity contribution in [1.29, 1.82) is 0 Å². The summed E-state index contributed by atoms with van der Waals surface area (Å²) in [5.74, 6) is -0.284. The zero-order valence-corrected chi connectivity index (χ0v) is 20.4. The van der Waals surface area contributed by atoms with E-state index in [1.54, 1.807) is 42.5 Å². The third-order valence-corrected chi connectivity index (χ3v) is 6.60. The van der Waals surface area contributed by atoms with Gasteiger partial charge in [0.15, 0.2) is 5.76 Å². The van der Waals surface area contributed by atoms with E-state index in [0.717, 1.165) is 38.4 Å². The summed E-state index contributed by atoms with van der Waals surface area (Å²) >= 11 is 12.1. The number of furan rings is 1. The molecule has 0 unspecified atom stereocenters. The van der Waals surface area contributed by atoms with Crippen LogP contribution in [0.4, 0.5) is 11.4 Å². The number of carbonyl (C=O) groups excluding carboxylic acids is 2. The van der Waals surface area contributed by atoms with E-state index in [4.69, 9.17) is 32.4 Å². The van der Waals surface area contributed by atoms with E-state index in [2.05, 4.69) is 22.0 Å². The highest BCUT2D eigenvalue weighted by Crippen LogP contribution is 2.32. The Kier molecular flexibility index (Phi) is 7.46. The summed E-state index contributed by atoms with van der Waals surface area (Å²) in [6, 6.07) is 13.6. The van der Waals surface area contributed by atoms with Crippen LogP contribution < -0.4 is 10.2 Å². The van der Waals surface area contributed by atoms with Crippen molar-refractivity contribution in [1.82, 2.24) is 4.90 Å². The van der Waals surface area contributed by atoms with E-state index in [-0.39, 0.29) is 5.76 Å². The topological polar surface area (TPSA) is 75.0 Å². The number of benzene rings is 2. The molecule has 1 N–H and O–H groups in total. The number of amides is 1. The molecule has 1 fully saturated rings. The Labute approximate surface area is 208 Å². The molecule has 1 aliphatic heterocycles. The summed E-state index contributed by atoms with van der Waals surface area (Å²) in [5, 5.41) is 3.75. The molecule has 0 bridgehead atoms. The number of methoxy groups -OCH3 is 1. The fourth-order valence-corrected chi connectivity index (χ4v) is 4.21. The van der Waals surface area contributed by atoms with Crippen molar-refractivity contribution < 1.29 is 18.7 Å². The van der Waals surface area contributed by atoms with Crippen LogP contribution in [-0.2, 0) is 4.74 Å². The second kappa shape index (κ2) is 10.5. The average molecular weight is 502 g/mol. The molecule has 3 aromatic rings. The number of anilines is 2. The SMILES string of the molecule is CCN1CCN(c2ccc(C(=O)OC)cc2NC(=O)c2ccc(-c3ccc(Cl)c(Cl)c3)o2)CC1. The van der Waals surface area contributed by atoms with Crippen molar-refractivity contribution >= 4 is 46.5 Å². The van der Waals surface area contributed by atoms with E-state index in [1.807, 2.05) is 6.07 Å². The van der Waals surface area contributed by atoms with Gasteiger partial charge in [-0.25, -0.2) is 4.79 Å². The standard InChI is InChI=1S/C25H25Cl2N3O4/c1-3-29-10-12-30(13-11-29)21-7-5-17(25(32)33-2)15-20(21)28-24(31)23-9-8-22(34-23)16-4-6-18(26)19(27)14-16/h4-9,14-15H,3,10-13H2,1-2H3,(H,28,31). The third kappa shape index (κ3) is 5.22. The number of piperazine rings is 1. The Hall–Kier alpha value is -3.00. The zero-order valence-electron chi connectivity index (χ0n) is 18.9. The van der Waals surface area contributed by atoms with Gasteiger partial charge in [-0.1, -0.05) is 30.1 Å². The van der Waals surface area contributed by atoms with Gasteiger partial charge in [0.25, 0.3) is 5.91 Å². The molecular weight excluding hydrogens is 477 g/mol. The number of hydrogen-bond donors (Lipinski definition) is 1. The van der Waals surface area contributed by atoms with Gasteiger partial charge in [-0.15, -0.1) is 0 Å². The number of likely N-dealkylation sites (N-methyl/N-ethyl adjacent to an activating group) is 1. The van der Waals surface area contributed by atoms with E-state index in [9.17, 15) is 9.59 Å². The fraction of sp³-hybridized carbons (Fsp3) is 0.280. The van der Waals surface area contributed by atoms with E-state index >= 15 is 0 Å². The van der Waals surface area contributed by atoms with E-state index in [1.165, 1.54) is 7.11 Å². The predicted octanol–water partition coefficient (Wildman–Crippen LogP) is 5.43. The third-order valence-electron chi connectivity index (χ3n) is 5.86. The van der Waals surface area contributed by atoms with Gasteiger partial charge in [0.05, 0.1) is 34.1 Å². The molecule has 2 aromatic carbocycles. The first-order chi connectivity index (χ1) is 16.4. The van der Waals surface area contributed by atoms with E-state index < -0.39 is 11.9 Å². The molecule has 1 aromatic heterocycles. The highest BCUT2D eigenvalue weighted by atomic mass is 35.5. The second-order valence-electron chi connectivity index (χ2n) is 7.89. The molecule has 1 aliphatic rings. The second-order valence-corrected chi connectivity index (χ2v) is 8.71. The maximum absolute atomic E-state index is 13.1. The monoisotopic (exact) mass is 501 g/mol. The number of ether oxygens (including phenoxy) is 1.